The first-order valence-corrected chi connectivity index (χ1v) is 8.52. The molecule has 0 N–H and O–H groups in total. The first-order chi connectivity index (χ1) is 11.3. The first-order valence-electron chi connectivity index (χ1n) is 8.52. The first kappa shape index (κ1) is 14.6. The van der Waals surface area contributed by atoms with Gasteiger partial charge in [0.2, 0.25) is 0 Å². The lowest BCUT2D eigenvalue weighted by atomic mass is 9.96. The molecule has 2 aliphatic rings. The largest absolute Gasteiger partial charge is 0.496 e. The summed E-state index contributed by atoms with van der Waals surface area (Å²) in [7, 11) is 1.75. The molecule has 3 heteroatoms. The van der Waals surface area contributed by atoms with E-state index >= 15 is 0 Å². The Bertz CT molecular complexity index is 705. The number of hydrogen-bond acceptors (Lipinski definition) is 3. The number of rotatable bonds is 3. The minimum Gasteiger partial charge on any atom is -0.496 e. The van der Waals surface area contributed by atoms with Gasteiger partial charge >= 0.3 is 0 Å². The van der Waals surface area contributed by atoms with Crippen LogP contribution in [0.4, 0.5) is 0 Å². The van der Waals surface area contributed by atoms with Crippen molar-refractivity contribution in [2.24, 2.45) is 0 Å². The van der Waals surface area contributed by atoms with Crippen molar-refractivity contribution in [2.45, 2.75) is 32.2 Å². The molecule has 0 saturated carbocycles. The van der Waals surface area contributed by atoms with E-state index < -0.39 is 0 Å². The monoisotopic (exact) mass is 309 g/mol. The molecule has 1 fully saturated rings. The summed E-state index contributed by atoms with van der Waals surface area (Å²) >= 11 is 0. The average Bonchev–Trinajstić information content (AvgIpc) is 2.61. The van der Waals surface area contributed by atoms with Gasteiger partial charge in [0.05, 0.1) is 12.7 Å². The van der Waals surface area contributed by atoms with Crippen LogP contribution < -0.4 is 9.47 Å². The molecule has 0 aromatic heterocycles. The molecule has 120 valence electrons. The normalized spacial score (nSPS) is 17.1. The van der Waals surface area contributed by atoms with Crippen molar-refractivity contribution >= 4 is 0 Å². The van der Waals surface area contributed by atoms with Crippen LogP contribution in [0.5, 0.6) is 17.2 Å². The fraction of sp³-hybridized carbons (Fsp3) is 0.400. The van der Waals surface area contributed by atoms with Crippen LogP contribution in [0, 0.1) is 0 Å². The van der Waals surface area contributed by atoms with Gasteiger partial charge in [-0.1, -0.05) is 30.7 Å². The Labute approximate surface area is 137 Å². The van der Waals surface area contributed by atoms with Gasteiger partial charge in [-0.3, -0.25) is 4.90 Å². The van der Waals surface area contributed by atoms with E-state index in [0.717, 1.165) is 30.2 Å². The molecule has 2 aliphatic heterocycles. The molecule has 2 heterocycles. The van der Waals surface area contributed by atoms with Crippen LogP contribution in [-0.2, 0) is 13.0 Å². The summed E-state index contributed by atoms with van der Waals surface area (Å²) in [4.78, 5) is 2.52. The quantitative estimate of drug-likeness (QED) is 0.717. The number of fused-ring (bicyclic) bond motifs is 2. The molecule has 3 nitrogen and oxygen atoms in total. The third kappa shape index (κ3) is 2.81. The number of hydrogen-bond donors (Lipinski definition) is 0. The summed E-state index contributed by atoms with van der Waals surface area (Å²) in [6.45, 7) is 3.25. The van der Waals surface area contributed by atoms with Gasteiger partial charge in [-0.05, 0) is 49.2 Å². The molecule has 0 aliphatic carbocycles. The topological polar surface area (TPSA) is 21.7 Å². The van der Waals surface area contributed by atoms with E-state index in [2.05, 4.69) is 35.2 Å². The lowest BCUT2D eigenvalue weighted by Gasteiger charge is -2.30. The molecule has 2 aromatic rings. The summed E-state index contributed by atoms with van der Waals surface area (Å²) in [5.41, 5.74) is 3.71. The molecule has 0 bridgehead atoms. The maximum atomic E-state index is 6.29. The standard InChI is InChI=1S/C20H23NO2/c1-22-19-10-9-16-13-15-7-3-4-8-18(15)23-20(16)17(19)14-21-11-5-2-6-12-21/h3-4,7-10H,2,5-6,11-14H2,1H3. The van der Waals surface area contributed by atoms with Gasteiger partial charge in [-0.15, -0.1) is 0 Å². The summed E-state index contributed by atoms with van der Waals surface area (Å²) in [6, 6.07) is 12.5. The maximum Gasteiger partial charge on any atom is 0.139 e. The molecule has 2 aromatic carbocycles. The fourth-order valence-electron chi connectivity index (χ4n) is 3.67. The minimum absolute atomic E-state index is 0.911. The van der Waals surface area contributed by atoms with E-state index in [1.807, 2.05) is 6.07 Å². The van der Waals surface area contributed by atoms with Gasteiger partial charge in [-0.2, -0.15) is 0 Å². The molecule has 4 rings (SSSR count). The zero-order valence-corrected chi connectivity index (χ0v) is 13.7. The molecule has 1 saturated heterocycles. The van der Waals surface area contributed by atoms with Gasteiger partial charge in [0, 0.05) is 13.0 Å². The Balaban J connectivity index is 1.70. The maximum absolute atomic E-state index is 6.29. The number of benzene rings is 2. The van der Waals surface area contributed by atoms with E-state index in [4.69, 9.17) is 9.47 Å². The molecule has 0 radical (unpaired) electrons. The summed E-state index contributed by atoms with van der Waals surface area (Å²) in [5, 5.41) is 0. The van der Waals surface area contributed by atoms with E-state index in [-0.39, 0.29) is 0 Å². The van der Waals surface area contributed by atoms with Crippen molar-refractivity contribution in [3.8, 4) is 17.2 Å². The second kappa shape index (κ2) is 6.25. The fourth-order valence-corrected chi connectivity index (χ4v) is 3.67. The van der Waals surface area contributed by atoms with Gasteiger partial charge in [0.25, 0.3) is 0 Å². The van der Waals surface area contributed by atoms with Gasteiger partial charge < -0.3 is 9.47 Å². The average molecular weight is 309 g/mol. The molecular formula is C20H23NO2. The van der Waals surface area contributed by atoms with Gasteiger partial charge in [0.15, 0.2) is 0 Å². The van der Waals surface area contributed by atoms with Crippen molar-refractivity contribution in [3.63, 3.8) is 0 Å². The summed E-state index contributed by atoms with van der Waals surface area (Å²) in [6.07, 6.45) is 4.87. The van der Waals surface area contributed by atoms with Crippen LogP contribution in [0.3, 0.4) is 0 Å². The smallest absolute Gasteiger partial charge is 0.139 e. The number of para-hydroxylation sites is 1. The van der Waals surface area contributed by atoms with Crippen LogP contribution in [-0.4, -0.2) is 25.1 Å². The molecule has 0 atom stereocenters. The third-order valence-electron chi connectivity index (χ3n) is 4.91. The van der Waals surface area contributed by atoms with Crippen molar-refractivity contribution in [1.29, 1.82) is 0 Å². The van der Waals surface area contributed by atoms with Crippen LogP contribution >= 0.6 is 0 Å². The van der Waals surface area contributed by atoms with Crippen LogP contribution in [0.25, 0.3) is 0 Å². The molecule has 23 heavy (non-hydrogen) atoms. The van der Waals surface area contributed by atoms with Crippen molar-refractivity contribution in [1.82, 2.24) is 4.90 Å². The predicted octanol–water partition coefficient (Wildman–Crippen LogP) is 4.38. The van der Waals surface area contributed by atoms with Gasteiger partial charge in [0.1, 0.15) is 17.2 Å². The Hall–Kier alpha value is -2.00. The number of nitrogens with zero attached hydrogens (tertiary/aromatic N) is 1. The second-order valence-electron chi connectivity index (χ2n) is 6.46. The molecular weight excluding hydrogens is 286 g/mol. The Morgan fingerprint density at radius 1 is 1.00 bits per heavy atom. The zero-order valence-electron chi connectivity index (χ0n) is 13.7. The number of piperidine rings is 1. The van der Waals surface area contributed by atoms with E-state index in [1.165, 1.54) is 49.0 Å². The number of ether oxygens (including phenoxy) is 2. The molecule has 0 spiro atoms. The Morgan fingerprint density at radius 2 is 1.83 bits per heavy atom. The van der Waals surface area contributed by atoms with Crippen LogP contribution in [0.1, 0.15) is 36.0 Å². The van der Waals surface area contributed by atoms with Crippen molar-refractivity contribution < 1.29 is 9.47 Å². The highest BCUT2D eigenvalue weighted by atomic mass is 16.5. The van der Waals surface area contributed by atoms with Crippen LogP contribution in [0.15, 0.2) is 36.4 Å². The highest BCUT2D eigenvalue weighted by Gasteiger charge is 2.24. The molecule has 0 amide bonds. The van der Waals surface area contributed by atoms with E-state index in [1.54, 1.807) is 7.11 Å². The number of methoxy groups -OCH3 is 1. The Morgan fingerprint density at radius 3 is 2.65 bits per heavy atom. The minimum atomic E-state index is 0.911. The van der Waals surface area contributed by atoms with E-state index in [0.29, 0.717) is 0 Å². The summed E-state index contributed by atoms with van der Waals surface area (Å²) in [5.74, 6) is 2.93. The van der Waals surface area contributed by atoms with Crippen molar-refractivity contribution in [3.05, 3.63) is 53.1 Å². The van der Waals surface area contributed by atoms with Crippen LogP contribution in [0.2, 0.25) is 0 Å². The van der Waals surface area contributed by atoms with E-state index in [9.17, 15) is 0 Å². The summed E-state index contributed by atoms with van der Waals surface area (Å²) < 4.78 is 11.9. The Kier molecular flexibility index (Phi) is 3.96. The molecule has 0 unspecified atom stereocenters. The SMILES string of the molecule is COc1ccc2c(c1CN1CCCCC1)Oc1ccccc1C2. The number of likely N-dealkylation sites (tertiary alicyclic amines) is 1. The predicted molar refractivity (Wildman–Crippen MR) is 91.4 cm³/mol. The zero-order chi connectivity index (χ0) is 15.6. The highest BCUT2D eigenvalue weighted by Crippen LogP contribution is 2.42. The second-order valence-corrected chi connectivity index (χ2v) is 6.46. The third-order valence-corrected chi connectivity index (χ3v) is 4.91. The lowest BCUT2D eigenvalue weighted by molar-refractivity contribution is 0.215. The highest BCUT2D eigenvalue weighted by molar-refractivity contribution is 5.57. The van der Waals surface area contributed by atoms with Gasteiger partial charge in [-0.25, -0.2) is 0 Å². The van der Waals surface area contributed by atoms with Crippen molar-refractivity contribution in [2.75, 3.05) is 20.2 Å². The lowest BCUT2D eigenvalue weighted by Crippen LogP contribution is -2.29.